The first kappa shape index (κ1) is 22.9. The van der Waals surface area contributed by atoms with Crippen LogP contribution in [0.2, 0.25) is 0 Å². The van der Waals surface area contributed by atoms with Crippen molar-refractivity contribution in [3.05, 3.63) is 71.5 Å². The number of halogens is 1. The van der Waals surface area contributed by atoms with Gasteiger partial charge in [0.2, 0.25) is 11.8 Å². The molecule has 0 aliphatic carbocycles. The molecule has 0 fully saturated rings. The van der Waals surface area contributed by atoms with Crippen LogP contribution in [0.5, 0.6) is 0 Å². The Balaban J connectivity index is 2.11. The first-order valence-electron chi connectivity index (χ1n) is 9.64. The second kappa shape index (κ2) is 10.4. The third-order valence-electron chi connectivity index (χ3n) is 4.30. The van der Waals surface area contributed by atoms with Crippen LogP contribution >= 0.6 is 11.8 Å². The van der Waals surface area contributed by atoms with Crippen LogP contribution in [0.4, 0.5) is 4.39 Å². The van der Waals surface area contributed by atoms with Crippen LogP contribution in [0.3, 0.4) is 0 Å². The zero-order chi connectivity index (χ0) is 21.4. The van der Waals surface area contributed by atoms with Crippen molar-refractivity contribution in [1.82, 2.24) is 10.2 Å². The molecular weight excluding hydrogens is 387 g/mol. The Bertz CT molecular complexity index is 821. The van der Waals surface area contributed by atoms with Gasteiger partial charge in [0.15, 0.2) is 0 Å². The van der Waals surface area contributed by atoms with Crippen molar-refractivity contribution in [3.8, 4) is 0 Å². The van der Waals surface area contributed by atoms with Crippen molar-refractivity contribution < 1.29 is 14.0 Å². The van der Waals surface area contributed by atoms with Crippen molar-refractivity contribution in [2.24, 2.45) is 0 Å². The topological polar surface area (TPSA) is 49.4 Å². The average molecular weight is 417 g/mol. The molecule has 0 saturated heterocycles. The van der Waals surface area contributed by atoms with Crippen molar-refractivity contribution in [1.29, 1.82) is 0 Å². The first-order chi connectivity index (χ1) is 13.7. The molecule has 0 aromatic heterocycles. The number of hydrogen-bond donors (Lipinski definition) is 1. The van der Waals surface area contributed by atoms with Crippen LogP contribution < -0.4 is 5.32 Å². The van der Waals surface area contributed by atoms with Crippen LogP contribution in [0.25, 0.3) is 0 Å². The lowest BCUT2D eigenvalue weighted by Gasteiger charge is -2.31. The highest BCUT2D eigenvalue weighted by Crippen LogP contribution is 2.17. The fourth-order valence-corrected chi connectivity index (χ4v) is 3.65. The molecule has 0 heterocycles. The van der Waals surface area contributed by atoms with Gasteiger partial charge in [0, 0.05) is 23.4 Å². The maximum atomic E-state index is 14.2. The van der Waals surface area contributed by atoms with Crippen LogP contribution in [-0.2, 0) is 21.9 Å². The molecule has 0 spiro atoms. The largest absolute Gasteiger partial charge is 0.350 e. The van der Waals surface area contributed by atoms with E-state index in [0.717, 1.165) is 5.56 Å². The summed E-state index contributed by atoms with van der Waals surface area (Å²) in [5.41, 5.74) is 1.11. The highest BCUT2D eigenvalue weighted by Gasteiger charge is 2.28. The van der Waals surface area contributed by atoms with Crippen molar-refractivity contribution in [2.75, 3.05) is 5.75 Å². The van der Waals surface area contributed by atoms with E-state index in [1.165, 1.54) is 22.7 Å². The van der Waals surface area contributed by atoms with Gasteiger partial charge in [-0.05, 0) is 39.3 Å². The minimum absolute atomic E-state index is 0.0517. The zero-order valence-corrected chi connectivity index (χ0v) is 18.3. The van der Waals surface area contributed by atoms with Crippen LogP contribution in [-0.4, -0.2) is 34.0 Å². The SMILES string of the molecule is CC(C(=O)NC(C)(C)C)N(Cc1ccccc1F)C(=O)CSCc1ccccc1. The normalized spacial score (nSPS) is 12.3. The molecule has 0 bridgehead atoms. The molecule has 1 unspecified atom stereocenters. The summed E-state index contributed by atoms with van der Waals surface area (Å²) in [6.07, 6.45) is 0. The van der Waals surface area contributed by atoms with Gasteiger partial charge in [0.1, 0.15) is 11.9 Å². The lowest BCUT2D eigenvalue weighted by Crippen LogP contribution is -2.52. The lowest BCUT2D eigenvalue weighted by atomic mass is 10.1. The predicted octanol–water partition coefficient (Wildman–Crippen LogP) is 4.39. The number of benzene rings is 2. The van der Waals surface area contributed by atoms with Crippen molar-refractivity contribution in [2.45, 2.75) is 51.6 Å². The van der Waals surface area contributed by atoms with E-state index in [4.69, 9.17) is 0 Å². The molecule has 6 heteroatoms. The Morgan fingerprint density at radius 3 is 2.31 bits per heavy atom. The summed E-state index contributed by atoms with van der Waals surface area (Å²) in [6, 6.07) is 15.5. The highest BCUT2D eigenvalue weighted by molar-refractivity contribution is 7.99. The number of carbonyl (C=O) groups is 2. The van der Waals surface area contributed by atoms with E-state index in [-0.39, 0.29) is 29.9 Å². The maximum absolute atomic E-state index is 14.2. The Hall–Kier alpha value is -2.34. The molecule has 0 radical (unpaired) electrons. The summed E-state index contributed by atoms with van der Waals surface area (Å²) in [5.74, 6) is 0.0887. The molecule has 0 aliphatic heterocycles. The van der Waals surface area contributed by atoms with Gasteiger partial charge < -0.3 is 10.2 Å². The number of rotatable bonds is 8. The molecule has 1 N–H and O–H groups in total. The maximum Gasteiger partial charge on any atom is 0.242 e. The van der Waals surface area contributed by atoms with E-state index in [2.05, 4.69) is 5.32 Å². The van der Waals surface area contributed by atoms with Gasteiger partial charge in [-0.15, -0.1) is 11.8 Å². The number of hydrogen-bond acceptors (Lipinski definition) is 3. The van der Waals surface area contributed by atoms with Gasteiger partial charge in [-0.2, -0.15) is 0 Å². The lowest BCUT2D eigenvalue weighted by molar-refractivity contribution is -0.139. The smallest absolute Gasteiger partial charge is 0.242 e. The standard InChI is InChI=1S/C23H29FN2O2S/c1-17(22(28)25-23(2,3)4)26(14-19-12-8-9-13-20(19)24)21(27)16-29-15-18-10-6-5-7-11-18/h5-13,17H,14-16H2,1-4H3,(H,25,28). The molecule has 2 aromatic rings. The quantitative estimate of drug-likeness (QED) is 0.694. The van der Waals surface area contributed by atoms with Gasteiger partial charge >= 0.3 is 0 Å². The summed E-state index contributed by atoms with van der Waals surface area (Å²) >= 11 is 1.48. The van der Waals surface area contributed by atoms with Crippen LogP contribution in [0.15, 0.2) is 54.6 Å². The monoisotopic (exact) mass is 416 g/mol. The Morgan fingerprint density at radius 2 is 1.69 bits per heavy atom. The molecule has 0 aliphatic rings. The molecule has 2 rings (SSSR count). The van der Waals surface area contributed by atoms with E-state index < -0.39 is 11.6 Å². The summed E-state index contributed by atoms with van der Waals surface area (Å²) in [5, 5.41) is 2.90. The first-order valence-corrected chi connectivity index (χ1v) is 10.8. The minimum Gasteiger partial charge on any atom is -0.350 e. The number of nitrogens with one attached hydrogen (secondary N) is 1. The van der Waals surface area contributed by atoms with E-state index in [9.17, 15) is 14.0 Å². The number of thioether (sulfide) groups is 1. The number of nitrogens with zero attached hydrogens (tertiary/aromatic N) is 1. The van der Waals surface area contributed by atoms with Gasteiger partial charge in [-0.25, -0.2) is 4.39 Å². The number of amides is 2. The summed E-state index contributed by atoms with van der Waals surface area (Å²) in [7, 11) is 0. The van der Waals surface area contributed by atoms with Gasteiger partial charge in [-0.3, -0.25) is 9.59 Å². The molecule has 4 nitrogen and oxygen atoms in total. The highest BCUT2D eigenvalue weighted by atomic mass is 32.2. The second-order valence-corrected chi connectivity index (χ2v) is 8.99. The fourth-order valence-electron chi connectivity index (χ4n) is 2.78. The molecular formula is C23H29FN2O2S. The van der Waals surface area contributed by atoms with Gasteiger partial charge in [0.05, 0.1) is 5.75 Å². The third kappa shape index (κ3) is 7.54. The Labute approximate surface area is 176 Å². The molecule has 156 valence electrons. The van der Waals surface area contributed by atoms with Gasteiger partial charge in [-0.1, -0.05) is 48.5 Å². The van der Waals surface area contributed by atoms with Crippen LogP contribution in [0, 0.1) is 5.82 Å². The summed E-state index contributed by atoms with van der Waals surface area (Å²) in [4.78, 5) is 27.1. The predicted molar refractivity (Wildman–Crippen MR) is 117 cm³/mol. The molecule has 1 atom stereocenters. The Kier molecular flexibility index (Phi) is 8.26. The minimum atomic E-state index is -0.710. The zero-order valence-electron chi connectivity index (χ0n) is 17.4. The van der Waals surface area contributed by atoms with Crippen molar-refractivity contribution >= 4 is 23.6 Å². The molecule has 2 aromatic carbocycles. The third-order valence-corrected chi connectivity index (χ3v) is 5.29. The summed E-state index contributed by atoms with van der Waals surface area (Å²) < 4.78 is 14.2. The average Bonchev–Trinajstić information content (AvgIpc) is 2.66. The number of carbonyl (C=O) groups excluding carboxylic acids is 2. The second-order valence-electron chi connectivity index (χ2n) is 8.01. The van der Waals surface area contributed by atoms with E-state index in [1.54, 1.807) is 25.1 Å². The fraction of sp³-hybridized carbons (Fsp3) is 0.391. The van der Waals surface area contributed by atoms with E-state index >= 15 is 0 Å². The molecule has 29 heavy (non-hydrogen) atoms. The van der Waals surface area contributed by atoms with E-state index in [0.29, 0.717) is 11.3 Å². The van der Waals surface area contributed by atoms with Crippen molar-refractivity contribution in [3.63, 3.8) is 0 Å². The Morgan fingerprint density at radius 1 is 1.07 bits per heavy atom. The molecule has 2 amide bonds. The van der Waals surface area contributed by atoms with Crippen LogP contribution in [0.1, 0.15) is 38.8 Å². The summed E-state index contributed by atoms with van der Waals surface area (Å²) in [6.45, 7) is 7.39. The van der Waals surface area contributed by atoms with Gasteiger partial charge in [0.25, 0.3) is 0 Å². The van der Waals surface area contributed by atoms with E-state index in [1.807, 2.05) is 51.1 Å². The molecule has 0 saturated carbocycles.